The number of amides is 1. The third-order valence-electron chi connectivity index (χ3n) is 5.35. The Labute approximate surface area is 173 Å². The Morgan fingerprint density at radius 3 is 2.41 bits per heavy atom. The van der Waals surface area contributed by atoms with Gasteiger partial charge in [-0.15, -0.1) is 0 Å². The van der Waals surface area contributed by atoms with Gasteiger partial charge in [-0.2, -0.15) is 0 Å². The molecule has 0 aliphatic carbocycles. The third kappa shape index (κ3) is 4.72. The molecule has 1 saturated heterocycles. The van der Waals surface area contributed by atoms with Gasteiger partial charge in [-0.05, 0) is 55.5 Å². The zero-order valence-corrected chi connectivity index (χ0v) is 18.0. The van der Waals surface area contributed by atoms with Crippen molar-refractivity contribution in [1.29, 1.82) is 0 Å². The Kier molecular flexibility index (Phi) is 6.47. The molecule has 156 valence electrons. The summed E-state index contributed by atoms with van der Waals surface area (Å²) >= 11 is 0. The lowest BCUT2D eigenvalue weighted by Gasteiger charge is -2.33. The maximum atomic E-state index is 13.6. The fourth-order valence-electron chi connectivity index (χ4n) is 3.49. The average Bonchev–Trinajstić information content (AvgIpc) is 2.72. The largest absolute Gasteiger partial charge is 0.495 e. The van der Waals surface area contributed by atoms with E-state index in [2.05, 4.69) is 6.92 Å². The summed E-state index contributed by atoms with van der Waals surface area (Å²) < 4.78 is 33.7. The molecule has 0 N–H and O–H groups in total. The molecule has 2 aromatic carbocycles. The smallest absolute Gasteiger partial charge is 0.268 e. The van der Waals surface area contributed by atoms with E-state index < -0.39 is 10.0 Å². The molecule has 1 heterocycles. The first kappa shape index (κ1) is 21.2. The Morgan fingerprint density at radius 1 is 1.14 bits per heavy atom. The van der Waals surface area contributed by atoms with Crippen LogP contribution in [0.3, 0.4) is 0 Å². The van der Waals surface area contributed by atoms with Crippen molar-refractivity contribution in [2.45, 2.75) is 31.6 Å². The van der Waals surface area contributed by atoms with Gasteiger partial charge in [0.15, 0.2) is 0 Å². The van der Waals surface area contributed by atoms with Crippen LogP contribution < -0.4 is 9.04 Å². The standard InChI is InChI=1S/C22H28N2O4S/c1-17-11-13-23(14-12-17)22(25)16-24(19-7-5-4-6-8-19)29(26,27)21-15-18(2)9-10-20(21)28-3/h4-10,15,17H,11-14,16H2,1-3H3. The highest BCUT2D eigenvalue weighted by molar-refractivity contribution is 7.93. The molecule has 0 atom stereocenters. The molecule has 1 aliphatic rings. The van der Waals surface area contributed by atoms with Gasteiger partial charge in [0.1, 0.15) is 17.2 Å². The number of hydrogen-bond acceptors (Lipinski definition) is 4. The van der Waals surface area contributed by atoms with Gasteiger partial charge >= 0.3 is 0 Å². The zero-order valence-electron chi connectivity index (χ0n) is 17.2. The van der Waals surface area contributed by atoms with Crippen LogP contribution in [0.2, 0.25) is 0 Å². The minimum atomic E-state index is -4.00. The summed E-state index contributed by atoms with van der Waals surface area (Å²) in [5.41, 5.74) is 1.25. The van der Waals surface area contributed by atoms with E-state index >= 15 is 0 Å². The monoisotopic (exact) mass is 416 g/mol. The molecular formula is C22H28N2O4S. The van der Waals surface area contributed by atoms with Gasteiger partial charge in [-0.1, -0.05) is 31.2 Å². The van der Waals surface area contributed by atoms with Gasteiger partial charge in [0, 0.05) is 13.1 Å². The summed E-state index contributed by atoms with van der Waals surface area (Å²) in [5.74, 6) is 0.663. The Bertz CT molecular complexity index is 952. The van der Waals surface area contributed by atoms with Crippen molar-refractivity contribution in [3.63, 3.8) is 0 Å². The summed E-state index contributed by atoms with van der Waals surface area (Å²) in [7, 11) is -2.56. The molecule has 1 aliphatic heterocycles. The van der Waals surface area contributed by atoms with E-state index in [1.165, 1.54) is 11.4 Å². The van der Waals surface area contributed by atoms with Gasteiger partial charge in [-0.25, -0.2) is 8.42 Å². The number of carbonyl (C=O) groups is 1. The molecule has 3 rings (SSSR count). The molecule has 0 bridgehead atoms. The maximum Gasteiger partial charge on any atom is 0.268 e. The number of nitrogens with zero attached hydrogens (tertiary/aromatic N) is 2. The van der Waals surface area contributed by atoms with Crippen LogP contribution in [0.1, 0.15) is 25.3 Å². The highest BCUT2D eigenvalue weighted by Crippen LogP contribution is 2.31. The highest BCUT2D eigenvalue weighted by Gasteiger charge is 2.32. The first-order chi connectivity index (χ1) is 13.8. The molecule has 1 amide bonds. The summed E-state index contributed by atoms with van der Waals surface area (Å²) in [5, 5.41) is 0. The van der Waals surface area contributed by atoms with Crippen molar-refractivity contribution in [2.75, 3.05) is 31.0 Å². The molecule has 0 unspecified atom stereocenters. The highest BCUT2D eigenvalue weighted by atomic mass is 32.2. The number of methoxy groups -OCH3 is 1. The van der Waals surface area contributed by atoms with E-state index in [-0.39, 0.29) is 23.1 Å². The quantitative estimate of drug-likeness (QED) is 0.723. The van der Waals surface area contributed by atoms with Crippen LogP contribution >= 0.6 is 0 Å². The number of benzene rings is 2. The van der Waals surface area contributed by atoms with E-state index in [0.717, 1.165) is 18.4 Å². The number of carbonyl (C=O) groups excluding carboxylic acids is 1. The van der Waals surface area contributed by atoms with Crippen molar-refractivity contribution in [1.82, 2.24) is 4.90 Å². The van der Waals surface area contributed by atoms with Crippen LogP contribution in [0.15, 0.2) is 53.4 Å². The molecule has 2 aromatic rings. The fourth-order valence-corrected chi connectivity index (χ4v) is 5.15. The van der Waals surface area contributed by atoms with Crippen LogP contribution in [0.25, 0.3) is 0 Å². The molecular weight excluding hydrogens is 388 g/mol. The molecule has 29 heavy (non-hydrogen) atoms. The molecule has 0 radical (unpaired) electrons. The van der Waals surface area contributed by atoms with Crippen molar-refractivity contribution < 1.29 is 17.9 Å². The van der Waals surface area contributed by atoms with Crippen LogP contribution in [0, 0.1) is 12.8 Å². The molecule has 6 nitrogen and oxygen atoms in total. The minimum Gasteiger partial charge on any atom is -0.495 e. The first-order valence-electron chi connectivity index (χ1n) is 9.83. The number of para-hydroxylation sites is 1. The van der Waals surface area contributed by atoms with Gasteiger partial charge < -0.3 is 9.64 Å². The van der Waals surface area contributed by atoms with Gasteiger partial charge in [0.2, 0.25) is 5.91 Å². The SMILES string of the molecule is COc1ccc(C)cc1S(=O)(=O)N(CC(=O)N1CCC(C)CC1)c1ccccc1. The van der Waals surface area contributed by atoms with E-state index in [4.69, 9.17) is 4.74 Å². The number of anilines is 1. The first-order valence-corrected chi connectivity index (χ1v) is 11.3. The Hall–Kier alpha value is -2.54. The maximum absolute atomic E-state index is 13.6. The Balaban J connectivity index is 1.98. The number of sulfonamides is 1. The zero-order chi connectivity index (χ0) is 21.0. The van der Waals surface area contributed by atoms with E-state index in [0.29, 0.717) is 24.7 Å². The van der Waals surface area contributed by atoms with E-state index in [9.17, 15) is 13.2 Å². The van der Waals surface area contributed by atoms with Crippen molar-refractivity contribution in [2.24, 2.45) is 5.92 Å². The van der Waals surface area contributed by atoms with E-state index in [1.54, 1.807) is 47.4 Å². The topological polar surface area (TPSA) is 66.9 Å². The predicted molar refractivity (Wildman–Crippen MR) is 114 cm³/mol. The van der Waals surface area contributed by atoms with Crippen LogP contribution in [-0.4, -0.2) is 46.0 Å². The normalized spacial score (nSPS) is 15.2. The number of hydrogen-bond donors (Lipinski definition) is 0. The number of piperidine rings is 1. The lowest BCUT2D eigenvalue weighted by atomic mass is 9.99. The summed E-state index contributed by atoms with van der Waals surface area (Å²) in [6.07, 6.45) is 1.88. The number of rotatable bonds is 6. The molecule has 0 aromatic heterocycles. The third-order valence-corrected chi connectivity index (χ3v) is 7.14. The number of likely N-dealkylation sites (tertiary alicyclic amines) is 1. The van der Waals surface area contributed by atoms with Crippen LogP contribution in [-0.2, 0) is 14.8 Å². The second kappa shape index (κ2) is 8.86. The van der Waals surface area contributed by atoms with Crippen LogP contribution in [0.4, 0.5) is 5.69 Å². The molecule has 1 fully saturated rings. The van der Waals surface area contributed by atoms with Crippen molar-refractivity contribution >= 4 is 21.6 Å². The average molecular weight is 417 g/mol. The summed E-state index contributed by atoms with van der Waals surface area (Å²) in [6, 6.07) is 13.8. The summed E-state index contributed by atoms with van der Waals surface area (Å²) in [4.78, 5) is 14.8. The number of aryl methyl sites for hydroxylation is 1. The van der Waals surface area contributed by atoms with Crippen molar-refractivity contribution in [3.05, 3.63) is 54.1 Å². The Morgan fingerprint density at radius 2 is 1.79 bits per heavy atom. The molecule has 7 heteroatoms. The van der Waals surface area contributed by atoms with Crippen LogP contribution in [0.5, 0.6) is 5.75 Å². The van der Waals surface area contributed by atoms with Gasteiger partial charge in [0.25, 0.3) is 10.0 Å². The second-order valence-electron chi connectivity index (χ2n) is 7.56. The van der Waals surface area contributed by atoms with Gasteiger partial charge in [-0.3, -0.25) is 9.10 Å². The summed E-state index contributed by atoms with van der Waals surface area (Å²) in [6.45, 7) is 5.09. The molecule has 0 saturated carbocycles. The predicted octanol–water partition coefficient (Wildman–Crippen LogP) is 3.46. The van der Waals surface area contributed by atoms with E-state index in [1.807, 2.05) is 13.0 Å². The van der Waals surface area contributed by atoms with Crippen molar-refractivity contribution in [3.8, 4) is 5.75 Å². The second-order valence-corrected chi connectivity index (χ2v) is 9.40. The lowest BCUT2D eigenvalue weighted by Crippen LogP contribution is -2.45. The lowest BCUT2D eigenvalue weighted by molar-refractivity contribution is -0.130. The van der Waals surface area contributed by atoms with Gasteiger partial charge in [0.05, 0.1) is 12.8 Å². The number of ether oxygens (including phenoxy) is 1. The minimum absolute atomic E-state index is 0.0592. The molecule has 0 spiro atoms. The fraction of sp³-hybridized carbons (Fsp3) is 0.409.